The Balaban J connectivity index is 1.86. The first kappa shape index (κ1) is 14.8. The maximum Gasteiger partial charge on any atom is 0.144 e. The SMILES string of the molecule is CN1CCC(Nc2ncccc2C#N)C1c1ccc(Cl)cc1. The van der Waals surface area contributed by atoms with Gasteiger partial charge >= 0.3 is 0 Å². The lowest BCUT2D eigenvalue weighted by molar-refractivity contribution is 0.309. The predicted octanol–water partition coefficient (Wildman–Crippen LogP) is 3.46. The van der Waals surface area contributed by atoms with Crippen molar-refractivity contribution in [2.24, 2.45) is 0 Å². The number of benzene rings is 1. The second-order valence-electron chi connectivity index (χ2n) is 5.53. The van der Waals surface area contributed by atoms with Gasteiger partial charge in [-0.2, -0.15) is 5.26 Å². The third kappa shape index (κ3) is 2.92. The molecule has 1 N–H and O–H groups in total. The number of anilines is 1. The highest BCUT2D eigenvalue weighted by Gasteiger charge is 2.33. The fourth-order valence-electron chi connectivity index (χ4n) is 3.03. The molecule has 0 amide bonds. The summed E-state index contributed by atoms with van der Waals surface area (Å²) in [4.78, 5) is 6.62. The average Bonchev–Trinajstić information content (AvgIpc) is 2.89. The molecule has 0 spiro atoms. The van der Waals surface area contributed by atoms with Crippen LogP contribution in [-0.4, -0.2) is 29.5 Å². The van der Waals surface area contributed by atoms with Gasteiger partial charge in [0.05, 0.1) is 11.6 Å². The molecule has 0 radical (unpaired) electrons. The highest BCUT2D eigenvalue weighted by molar-refractivity contribution is 6.30. The fraction of sp³-hybridized carbons (Fsp3) is 0.294. The molecule has 0 saturated carbocycles. The van der Waals surface area contributed by atoms with E-state index in [-0.39, 0.29) is 12.1 Å². The van der Waals surface area contributed by atoms with E-state index >= 15 is 0 Å². The molecule has 0 bridgehead atoms. The van der Waals surface area contributed by atoms with Crippen LogP contribution in [0.1, 0.15) is 23.6 Å². The topological polar surface area (TPSA) is 52.0 Å². The van der Waals surface area contributed by atoms with Crippen LogP contribution in [0.15, 0.2) is 42.6 Å². The van der Waals surface area contributed by atoms with E-state index in [0.29, 0.717) is 11.4 Å². The Hall–Kier alpha value is -2.09. The van der Waals surface area contributed by atoms with Gasteiger partial charge in [0.2, 0.25) is 0 Å². The molecule has 22 heavy (non-hydrogen) atoms. The summed E-state index contributed by atoms with van der Waals surface area (Å²) >= 11 is 5.99. The second kappa shape index (κ2) is 6.35. The van der Waals surface area contributed by atoms with Gasteiger partial charge in [-0.05, 0) is 43.3 Å². The monoisotopic (exact) mass is 312 g/mol. The third-order valence-corrected chi connectivity index (χ3v) is 4.36. The average molecular weight is 313 g/mol. The summed E-state index contributed by atoms with van der Waals surface area (Å²) in [6.07, 6.45) is 2.71. The minimum Gasteiger partial charge on any atom is -0.364 e. The summed E-state index contributed by atoms with van der Waals surface area (Å²) < 4.78 is 0. The summed E-state index contributed by atoms with van der Waals surface area (Å²) in [7, 11) is 2.12. The molecular weight excluding hydrogens is 296 g/mol. The maximum atomic E-state index is 9.20. The van der Waals surface area contributed by atoms with Crippen LogP contribution in [0.3, 0.4) is 0 Å². The van der Waals surface area contributed by atoms with E-state index in [9.17, 15) is 5.26 Å². The molecule has 1 saturated heterocycles. The summed E-state index contributed by atoms with van der Waals surface area (Å²) in [6, 6.07) is 14.2. The zero-order chi connectivity index (χ0) is 15.5. The fourth-order valence-corrected chi connectivity index (χ4v) is 3.16. The lowest BCUT2D eigenvalue weighted by atomic mass is 10.00. The van der Waals surface area contributed by atoms with E-state index in [2.05, 4.69) is 40.5 Å². The van der Waals surface area contributed by atoms with E-state index in [0.717, 1.165) is 18.0 Å². The molecular formula is C17H17ClN4. The normalized spacial score (nSPS) is 21.5. The molecule has 112 valence electrons. The Morgan fingerprint density at radius 1 is 1.32 bits per heavy atom. The number of likely N-dealkylation sites (N-methyl/N-ethyl adjacent to an activating group) is 1. The Morgan fingerprint density at radius 2 is 2.09 bits per heavy atom. The van der Waals surface area contributed by atoms with Crippen molar-refractivity contribution >= 4 is 17.4 Å². The highest BCUT2D eigenvalue weighted by atomic mass is 35.5. The van der Waals surface area contributed by atoms with Crippen LogP contribution in [-0.2, 0) is 0 Å². The number of likely N-dealkylation sites (tertiary alicyclic amines) is 1. The smallest absolute Gasteiger partial charge is 0.144 e. The molecule has 1 fully saturated rings. The molecule has 2 heterocycles. The second-order valence-corrected chi connectivity index (χ2v) is 5.96. The van der Waals surface area contributed by atoms with Gasteiger partial charge in [-0.25, -0.2) is 4.98 Å². The van der Waals surface area contributed by atoms with Crippen LogP contribution in [0.2, 0.25) is 5.02 Å². The van der Waals surface area contributed by atoms with Gasteiger partial charge in [0.25, 0.3) is 0 Å². The highest BCUT2D eigenvalue weighted by Crippen LogP contribution is 2.33. The van der Waals surface area contributed by atoms with E-state index in [1.807, 2.05) is 12.1 Å². The van der Waals surface area contributed by atoms with Gasteiger partial charge in [0, 0.05) is 23.8 Å². The number of pyridine rings is 1. The van der Waals surface area contributed by atoms with Crippen molar-refractivity contribution in [3.8, 4) is 6.07 Å². The van der Waals surface area contributed by atoms with Crippen LogP contribution in [0.25, 0.3) is 0 Å². The van der Waals surface area contributed by atoms with Crippen molar-refractivity contribution in [3.63, 3.8) is 0 Å². The van der Waals surface area contributed by atoms with Gasteiger partial charge in [-0.15, -0.1) is 0 Å². The molecule has 1 aliphatic rings. The molecule has 3 rings (SSSR count). The zero-order valence-corrected chi connectivity index (χ0v) is 13.1. The largest absolute Gasteiger partial charge is 0.364 e. The molecule has 5 heteroatoms. The molecule has 4 nitrogen and oxygen atoms in total. The maximum absolute atomic E-state index is 9.20. The van der Waals surface area contributed by atoms with Gasteiger partial charge < -0.3 is 5.32 Å². The first-order valence-electron chi connectivity index (χ1n) is 7.26. The van der Waals surface area contributed by atoms with Crippen LogP contribution in [0.4, 0.5) is 5.82 Å². The summed E-state index contributed by atoms with van der Waals surface area (Å²) in [5, 5.41) is 13.4. The minimum absolute atomic E-state index is 0.216. The van der Waals surface area contributed by atoms with Crippen LogP contribution in [0, 0.1) is 11.3 Å². The van der Waals surface area contributed by atoms with Gasteiger partial charge in [-0.1, -0.05) is 23.7 Å². The van der Waals surface area contributed by atoms with Crippen LogP contribution < -0.4 is 5.32 Å². The van der Waals surface area contributed by atoms with Crippen molar-refractivity contribution in [1.29, 1.82) is 5.26 Å². The van der Waals surface area contributed by atoms with E-state index in [1.54, 1.807) is 18.3 Å². The van der Waals surface area contributed by atoms with E-state index < -0.39 is 0 Å². The van der Waals surface area contributed by atoms with Crippen molar-refractivity contribution < 1.29 is 0 Å². The van der Waals surface area contributed by atoms with Gasteiger partial charge in [-0.3, -0.25) is 4.90 Å². The molecule has 2 aromatic rings. The number of nitrogens with zero attached hydrogens (tertiary/aromatic N) is 3. The lowest BCUT2D eigenvalue weighted by Crippen LogP contribution is -2.29. The minimum atomic E-state index is 0.216. The van der Waals surface area contributed by atoms with E-state index in [1.165, 1.54) is 5.56 Å². The number of hydrogen-bond acceptors (Lipinski definition) is 4. The van der Waals surface area contributed by atoms with Gasteiger partial charge in [0.1, 0.15) is 11.9 Å². The van der Waals surface area contributed by atoms with Crippen LogP contribution in [0.5, 0.6) is 0 Å². The van der Waals surface area contributed by atoms with Gasteiger partial charge in [0.15, 0.2) is 0 Å². The quantitative estimate of drug-likeness (QED) is 0.943. The number of aromatic nitrogens is 1. The number of nitriles is 1. The number of rotatable bonds is 3. The first-order chi connectivity index (χ1) is 10.7. The number of halogens is 1. The van der Waals surface area contributed by atoms with E-state index in [4.69, 9.17) is 11.6 Å². The first-order valence-corrected chi connectivity index (χ1v) is 7.64. The Labute approximate surface area is 135 Å². The van der Waals surface area contributed by atoms with Crippen molar-refractivity contribution in [1.82, 2.24) is 9.88 Å². The van der Waals surface area contributed by atoms with Crippen molar-refractivity contribution in [2.45, 2.75) is 18.5 Å². The molecule has 0 aliphatic carbocycles. The molecule has 1 aromatic carbocycles. The Kier molecular flexibility index (Phi) is 4.28. The summed E-state index contributed by atoms with van der Waals surface area (Å²) in [5.74, 6) is 0.657. The Bertz CT molecular complexity index is 693. The molecule has 1 aliphatic heterocycles. The van der Waals surface area contributed by atoms with Crippen molar-refractivity contribution in [2.75, 3.05) is 18.9 Å². The standard InChI is InChI=1S/C17H17ClN4/c1-22-10-8-15(16(22)12-4-6-14(18)7-5-12)21-17-13(11-19)3-2-9-20-17/h2-7,9,15-16H,8,10H2,1H3,(H,20,21). The molecule has 2 atom stereocenters. The molecule has 2 unspecified atom stereocenters. The van der Waals surface area contributed by atoms with Crippen LogP contribution >= 0.6 is 11.6 Å². The molecule has 1 aromatic heterocycles. The van der Waals surface area contributed by atoms with Crippen molar-refractivity contribution in [3.05, 3.63) is 58.7 Å². The summed E-state index contributed by atoms with van der Waals surface area (Å²) in [6.45, 7) is 1.000. The summed E-state index contributed by atoms with van der Waals surface area (Å²) in [5.41, 5.74) is 1.79. The zero-order valence-electron chi connectivity index (χ0n) is 12.3. The predicted molar refractivity (Wildman–Crippen MR) is 87.8 cm³/mol. The Morgan fingerprint density at radius 3 is 2.82 bits per heavy atom. The lowest BCUT2D eigenvalue weighted by Gasteiger charge is -2.26. The number of hydrogen-bond donors (Lipinski definition) is 1. The number of nitrogens with one attached hydrogen (secondary N) is 1. The third-order valence-electron chi connectivity index (χ3n) is 4.11.